The van der Waals surface area contributed by atoms with Crippen LogP contribution in [0.5, 0.6) is 0 Å². The molecule has 0 saturated heterocycles. The normalized spacial score (nSPS) is 12.4. The Morgan fingerprint density at radius 1 is 1.03 bits per heavy atom. The van der Waals surface area contributed by atoms with Crippen molar-refractivity contribution in [3.05, 3.63) is 93.5 Å². The summed E-state index contributed by atoms with van der Waals surface area (Å²) in [5.74, 6) is -0.0647. The van der Waals surface area contributed by atoms with Crippen molar-refractivity contribution in [3.63, 3.8) is 0 Å². The molecule has 1 unspecified atom stereocenters. The maximum Gasteiger partial charge on any atom is 0.241 e. The number of carbonyl (C=O) groups excluding carboxylic acids is 1. The lowest BCUT2D eigenvalue weighted by molar-refractivity contribution is -0.116. The summed E-state index contributed by atoms with van der Waals surface area (Å²) in [6, 6.07) is 19.8. The Labute approximate surface area is 204 Å². The van der Waals surface area contributed by atoms with Crippen LogP contribution >= 0.6 is 15.9 Å². The van der Waals surface area contributed by atoms with Crippen LogP contribution in [0.2, 0.25) is 0 Å². The van der Waals surface area contributed by atoms with E-state index in [0.29, 0.717) is 12.8 Å². The Morgan fingerprint density at radius 2 is 1.70 bits per heavy atom. The van der Waals surface area contributed by atoms with Crippen molar-refractivity contribution >= 4 is 37.5 Å². The van der Waals surface area contributed by atoms with Gasteiger partial charge in [-0.15, -0.1) is 0 Å². The lowest BCUT2D eigenvalue weighted by Crippen LogP contribution is -2.26. The predicted octanol–water partition coefficient (Wildman–Crippen LogP) is 5.93. The quantitative estimate of drug-likeness (QED) is 0.361. The van der Waals surface area contributed by atoms with Crippen molar-refractivity contribution in [1.82, 2.24) is 4.72 Å². The van der Waals surface area contributed by atoms with Crippen molar-refractivity contribution in [2.45, 2.75) is 51.0 Å². The number of hydrogen-bond acceptors (Lipinski definition) is 3. The zero-order valence-corrected chi connectivity index (χ0v) is 21.5. The molecule has 0 aliphatic carbocycles. The summed E-state index contributed by atoms with van der Waals surface area (Å²) in [4.78, 5) is 12.7. The number of rotatable bonds is 9. The van der Waals surface area contributed by atoms with Crippen molar-refractivity contribution in [3.8, 4) is 0 Å². The van der Waals surface area contributed by atoms with Crippen LogP contribution in [0.3, 0.4) is 0 Å². The average molecular weight is 530 g/mol. The molecule has 0 saturated carbocycles. The van der Waals surface area contributed by atoms with Crippen LogP contribution in [0.1, 0.15) is 48.6 Å². The van der Waals surface area contributed by atoms with Gasteiger partial charge in [-0.2, -0.15) is 0 Å². The molecule has 0 radical (unpaired) electrons. The molecule has 0 bridgehead atoms. The van der Waals surface area contributed by atoms with E-state index < -0.39 is 10.0 Å². The highest BCUT2D eigenvalue weighted by Crippen LogP contribution is 2.26. The summed E-state index contributed by atoms with van der Waals surface area (Å²) in [6.07, 6.45) is 1.66. The van der Waals surface area contributed by atoms with Crippen LogP contribution in [-0.4, -0.2) is 14.3 Å². The largest absolute Gasteiger partial charge is 0.326 e. The third-order valence-corrected chi connectivity index (χ3v) is 7.55. The molecule has 5 nitrogen and oxygen atoms in total. The van der Waals surface area contributed by atoms with Crippen LogP contribution in [0.25, 0.3) is 0 Å². The Kier molecular flexibility index (Phi) is 8.46. The highest BCUT2D eigenvalue weighted by Gasteiger charge is 2.18. The third kappa shape index (κ3) is 6.76. The van der Waals surface area contributed by atoms with E-state index in [1.54, 1.807) is 24.3 Å². The first-order valence-electron chi connectivity index (χ1n) is 10.9. The number of carbonyl (C=O) groups is 1. The van der Waals surface area contributed by atoms with E-state index in [0.717, 1.165) is 38.8 Å². The van der Waals surface area contributed by atoms with E-state index in [1.807, 2.05) is 56.3 Å². The first kappa shape index (κ1) is 25.1. The minimum atomic E-state index is -3.65. The molecule has 0 spiro atoms. The van der Waals surface area contributed by atoms with Gasteiger partial charge in [0, 0.05) is 22.6 Å². The molecule has 3 rings (SSSR count). The standard InChI is InChI=1S/C26H29BrN2O3S/c1-4-21-17-23(27)16-18(2)26(21)28-25(30)15-12-20-10-13-24(14-11-20)33(31,32)29-19(3)22-8-6-5-7-9-22/h5-11,13-14,16-17,19,29H,4,12,15H2,1-3H3,(H,28,30). The van der Waals surface area contributed by atoms with E-state index in [4.69, 9.17) is 0 Å². The topological polar surface area (TPSA) is 75.3 Å². The molecule has 7 heteroatoms. The third-order valence-electron chi connectivity index (χ3n) is 5.53. The fourth-order valence-electron chi connectivity index (χ4n) is 3.68. The minimum absolute atomic E-state index is 0.0647. The van der Waals surface area contributed by atoms with Gasteiger partial charge in [0.2, 0.25) is 15.9 Å². The number of nitrogens with one attached hydrogen (secondary N) is 2. The zero-order valence-electron chi connectivity index (χ0n) is 19.1. The molecule has 0 aliphatic rings. The molecule has 0 aliphatic heterocycles. The van der Waals surface area contributed by atoms with Crippen molar-refractivity contribution in [1.29, 1.82) is 0 Å². The number of sulfonamides is 1. The van der Waals surface area contributed by atoms with Gasteiger partial charge in [0.1, 0.15) is 0 Å². The monoisotopic (exact) mass is 528 g/mol. The van der Waals surface area contributed by atoms with Crippen LogP contribution < -0.4 is 10.0 Å². The van der Waals surface area contributed by atoms with Gasteiger partial charge in [0.15, 0.2) is 0 Å². The molecular weight excluding hydrogens is 500 g/mol. The molecular formula is C26H29BrN2O3S. The molecule has 0 aromatic heterocycles. The predicted molar refractivity (Wildman–Crippen MR) is 137 cm³/mol. The second-order valence-corrected chi connectivity index (χ2v) is 10.7. The van der Waals surface area contributed by atoms with Gasteiger partial charge in [0.25, 0.3) is 0 Å². The lowest BCUT2D eigenvalue weighted by atomic mass is 10.1. The second kappa shape index (κ2) is 11.1. The molecule has 3 aromatic rings. The van der Waals surface area contributed by atoms with E-state index >= 15 is 0 Å². The summed E-state index contributed by atoms with van der Waals surface area (Å²) < 4.78 is 29.2. The van der Waals surface area contributed by atoms with Gasteiger partial charge >= 0.3 is 0 Å². The molecule has 1 amide bonds. The number of aryl methyl sites for hydroxylation is 3. The number of halogens is 1. The Hall–Kier alpha value is -2.48. The van der Waals surface area contributed by atoms with Crippen molar-refractivity contribution < 1.29 is 13.2 Å². The Balaban J connectivity index is 1.60. The first-order valence-corrected chi connectivity index (χ1v) is 13.2. The summed E-state index contributed by atoms with van der Waals surface area (Å²) in [5.41, 5.74) is 4.77. The van der Waals surface area contributed by atoms with Gasteiger partial charge in [-0.25, -0.2) is 13.1 Å². The fraction of sp³-hybridized carbons (Fsp3) is 0.269. The minimum Gasteiger partial charge on any atom is -0.326 e. The molecule has 0 heterocycles. The summed E-state index contributed by atoms with van der Waals surface area (Å²) in [7, 11) is -3.65. The molecule has 0 fully saturated rings. The number of anilines is 1. The summed E-state index contributed by atoms with van der Waals surface area (Å²) in [6.45, 7) is 5.85. The zero-order chi connectivity index (χ0) is 24.0. The maximum absolute atomic E-state index is 12.7. The van der Waals surface area contributed by atoms with Crippen LogP contribution in [-0.2, 0) is 27.7 Å². The van der Waals surface area contributed by atoms with Crippen LogP contribution in [0, 0.1) is 6.92 Å². The van der Waals surface area contributed by atoms with Gasteiger partial charge in [-0.05, 0) is 73.2 Å². The SMILES string of the molecule is CCc1cc(Br)cc(C)c1NC(=O)CCc1ccc(S(=O)(=O)NC(C)c2ccccc2)cc1. The molecule has 174 valence electrons. The molecule has 1 atom stereocenters. The molecule has 3 aromatic carbocycles. The number of benzene rings is 3. The number of amides is 1. The average Bonchev–Trinajstić information content (AvgIpc) is 2.79. The summed E-state index contributed by atoms with van der Waals surface area (Å²) in [5, 5.41) is 3.03. The van der Waals surface area contributed by atoms with E-state index in [9.17, 15) is 13.2 Å². The number of hydrogen-bond donors (Lipinski definition) is 2. The van der Waals surface area contributed by atoms with Crippen LogP contribution in [0.15, 0.2) is 76.1 Å². The fourth-order valence-corrected chi connectivity index (χ4v) is 5.53. The Morgan fingerprint density at radius 3 is 2.33 bits per heavy atom. The van der Waals surface area contributed by atoms with Gasteiger partial charge in [-0.1, -0.05) is 65.3 Å². The van der Waals surface area contributed by atoms with Gasteiger partial charge in [0.05, 0.1) is 4.90 Å². The maximum atomic E-state index is 12.7. The highest BCUT2D eigenvalue weighted by atomic mass is 79.9. The molecule has 33 heavy (non-hydrogen) atoms. The lowest BCUT2D eigenvalue weighted by Gasteiger charge is -2.15. The van der Waals surface area contributed by atoms with Gasteiger partial charge in [-0.3, -0.25) is 4.79 Å². The summed E-state index contributed by atoms with van der Waals surface area (Å²) >= 11 is 3.50. The van der Waals surface area contributed by atoms with Crippen LogP contribution in [0.4, 0.5) is 5.69 Å². The second-order valence-electron chi connectivity index (χ2n) is 8.06. The van der Waals surface area contributed by atoms with E-state index in [1.165, 1.54) is 0 Å². The molecule has 2 N–H and O–H groups in total. The van der Waals surface area contributed by atoms with Gasteiger partial charge < -0.3 is 5.32 Å². The smallest absolute Gasteiger partial charge is 0.241 e. The van der Waals surface area contributed by atoms with E-state index in [-0.39, 0.29) is 16.8 Å². The highest BCUT2D eigenvalue weighted by molar-refractivity contribution is 9.10. The van der Waals surface area contributed by atoms with Crippen molar-refractivity contribution in [2.75, 3.05) is 5.32 Å². The Bertz CT molecular complexity index is 1210. The van der Waals surface area contributed by atoms with Crippen molar-refractivity contribution in [2.24, 2.45) is 0 Å². The first-order chi connectivity index (χ1) is 15.7. The van der Waals surface area contributed by atoms with E-state index in [2.05, 4.69) is 32.9 Å².